The number of aromatic nitrogens is 1. The Hall–Kier alpha value is -1.07. The molecule has 5 heteroatoms. The molecule has 3 nitrogen and oxygen atoms in total. The van der Waals surface area contributed by atoms with Gasteiger partial charge in [-0.2, -0.15) is 0 Å². The molecule has 18 heavy (non-hydrogen) atoms. The third kappa shape index (κ3) is 2.67. The minimum absolute atomic E-state index is 0.0555. The van der Waals surface area contributed by atoms with E-state index in [4.69, 9.17) is 5.73 Å². The van der Waals surface area contributed by atoms with Crippen LogP contribution in [0.25, 0.3) is 0 Å². The molecule has 2 rings (SSSR count). The van der Waals surface area contributed by atoms with Gasteiger partial charge in [0.05, 0.1) is 11.0 Å². The van der Waals surface area contributed by atoms with E-state index in [0.29, 0.717) is 11.0 Å². The number of anilines is 1. The van der Waals surface area contributed by atoms with Crippen LogP contribution in [0.3, 0.4) is 0 Å². The molecule has 0 unspecified atom stereocenters. The molecule has 2 aromatic rings. The molecule has 0 radical (unpaired) electrons. The average molecular weight is 372 g/mol. The van der Waals surface area contributed by atoms with Gasteiger partial charge >= 0.3 is 0 Å². The van der Waals surface area contributed by atoms with Crippen molar-refractivity contribution in [1.82, 2.24) is 4.57 Å². The minimum Gasteiger partial charge on any atom is -0.399 e. The quantitative estimate of drug-likeness (QED) is 0.823. The molecule has 0 aliphatic rings. The highest BCUT2D eigenvalue weighted by molar-refractivity contribution is 9.11. The van der Waals surface area contributed by atoms with Crippen LogP contribution < -0.4 is 11.3 Å². The van der Waals surface area contributed by atoms with Crippen LogP contribution in [0.5, 0.6) is 0 Å². The Morgan fingerprint density at radius 1 is 1.33 bits per heavy atom. The van der Waals surface area contributed by atoms with E-state index in [1.807, 2.05) is 25.1 Å². The third-order valence-electron chi connectivity index (χ3n) is 2.84. The van der Waals surface area contributed by atoms with Crippen molar-refractivity contribution in [2.45, 2.75) is 13.5 Å². The summed E-state index contributed by atoms with van der Waals surface area (Å²) in [5.41, 5.74) is 8.61. The standard InChI is InChI=1S/C13H12Br2N2O/c1-8-9(3-2-4-12(8)16)6-17-7-10(14)5-11(15)13(17)18/h2-5,7H,6,16H2,1H3. The van der Waals surface area contributed by atoms with Gasteiger partial charge in [0.25, 0.3) is 5.56 Å². The first-order chi connectivity index (χ1) is 8.49. The Bertz CT molecular complexity index is 650. The zero-order valence-corrected chi connectivity index (χ0v) is 13.0. The maximum atomic E-state index is 12.0. The number of hydrogen-bond donors (Lipinski definition) is 1. The first-order valence-electron chi connectivity index (χ1n) is 5.38. The zero-order valence-electron chi connectivity index (χ0n) is 9.78. The molecule has 1 heterocycles. The minimum atomic E-state index is -0.0555. The van der Waals surface area contributed by atoms with Gasteiger partial charge in [0, 0.05) is 16.4 Å². The van der Waals surface area contributed by atoms with Crippen molar-refractivity contribution in [1.29, 1.82) is 0 Å². The summed E-state index contributed by atoms with van der Waals surface area (Å²) in [5, 5.41) is 0. The Morgan fingerprint density at radius 2 is 2.06 bits per heavy atom. The molecule has 1 aromatic heterocycles. The third-order valence-corrected chi connectivity index (χ3v) is 3.84. The molecule has 0 atom stereocenters. The van der Waals surface area contributed by atoms with Crippen molar-refractivity contribution < 1.29 is 0 Å². The molecular weight excluding hydrogens is 360 g/mol. The van der Waals surface area contributed by atoms with Gasteiger partial charge in [-0.1, -0.05) is 12.1 Å². The molecule has 0 amide bonds. The SMILES string of the molecule is Cc1c(N)cccc1Cn1cc(Br)cc(Br)c1=O. The van der Waals surface area contributed by atoms with Gasteiger partial charge in [-0.05, 0) is 62.0 Å². The fourth-order valence-electron chi connectivity index (χ4n) is 1.74. The average Bonchev–Trinajstić information content (AvgIpc) is 2.31. The van der Waals surface area contributed by atoms with Crippen molar-refractivity contribution in [3.63, 3.8) is 0 Å². The number of halogens is 2. The fraction of sp³-hybridized carbons (Fsp3) is 0.154. The first kappa shape index (κ1) is 13.4. The molecule has 0 aliphatic heterocycles. The summed E-state index contributed by atoms with van der Waals surface area (Å²) in [6.45, 7) is 2.47. The number of benzene rings is 1. The molecule has 0 fully saturated rings. The Labute approximate surface area is 122 Å². The molecule has 0 saturated carbocycles. The lowest BCUT2D eigenvalue weighted by Crippen LogP contribution is -2.21. The van der Waals surface area contributed by atoms with E-state index in [1.54, 1.807) is 16.8 Å². The molecule has 0 spiro atoms. The predicted octanol–water partition coefficient (Wildman–Crippen LogP) is 3.31. The number of pyridine rings is 1. The van der Waals surface area contributed by atoms with Crippen LogP contribution in [0, 0.1) is 6.92 Å². The van der Waals surface area contributed by atoms with Crippen molar-refractivity contribution in [3.05, 3.63) is 60.9 Å². The Morgan fingerprint density at radius 3 is 2.78 bits per heavy atom. The maximum absolute atomic E-state index is 12.0. The summed E-state index contributed by atoms with van der Waals surface area (Å²) in [6, 6.07) is 7.48. The van der Waals surface area contributed by atoms with Gasteiger partial charge in [-0.25, -0.2) is 0 Å². The van der Waals surface area contributed by atoms with Crippen molar-refractivity contribution >= 4 is 37.5 Å². The highest BCUT2D eigenvalue weighted by atomic mass is 79.9. The van der Waals surface area contributed by atoms with Crippen LogP contribution in [0.1, 0.15) is 11.1 Å². The van der Waals surface area contributed by atoms with Crippen LogP contribution >= 0.6 is 31.9 Å². The lowest BCUT2D eigenvalue weighted by Gasteiger charge is -2.11. The van der Waals surface area contributed by atoms with Crippen LogP contribution in [-0.4, -0.2) is 4.57 Å². The van der Waals surface area contributed by atoms with Gasteiger partial charge in [0.1, 0.15) is 0 Å². The van der Waals surface area contributed by atoms with Crippen LogP contribution in [-0.2, 0) is 6.54 Å². The van der Waals surface area contributed by atoms with E-state index in [9.17, 15) is 4.79 Å². The summed E-state index contributed by atoms with van der Waals surface area (Å²) in [4.78, 5) is 12.0. The van der Waals surface area contributed by atoms with Gasteiger partial charge in [0.15, 0.2) is 0 Å². The molecule has 0 bridgehead atoms. The molecule has 1 aromatic carbocycles. The lowest BCUT2D eigenvalue weighted by atomic mass is 10.1. The first-order valence-corrected chi connectivity index (χ1v) is 6.97. The normalized spacial score (nSPS) is 10.6. The monoisotopic (exact) mass is 370 g/mol. The summed E-state index contributed by atoms with van der Waals surface area (Å²) in [6.07, 6.45) is 1.77. The Kier molecular flexibility index (Phi) is 3.92. The van der Waals surface area contributed by atoms with E-state index < -0.39 is 0 Å². The Balaban J connectivity index is 2.46. The molecule has 0 aliphatic carbocycles. The molecular formula is C13H12Br2N2O. The number of nitrogens with zero attached hydrogens (tertiary/aromatic N) is 1. The largest absolute Gasteiger partial charge is 0.399 e. The van der Waals surface area contributed by atoms with Crippen LogP contribution in [0.2, 0.25) is 0 Å². The second-order valence-electron chi connectivity index (χ2n) is 4.07. The fourth-order valence-corrected chi connectivity index (χ4v) is 3.00. The highest BCUT2D eigenvalue weighted by Gasteiger charge is 2.06. The lowest BCUT2D eigenvalue weighted by molar-refractivity contribution is 0.748. The van der Waals surface area contributed by atoms with Crippen molar-refractivity contribution in [2.24, 2.45) is 0 Å². The van der Waals surface area contributed by atoms with Gasteiger partial charge in [-0.3, -0.25) is 4.79 Å². The van der Waals surface area contributed by atoms with E-state index in [0.717, 1.165) is 21.3 Å². The summed E-state index contributed by atoms with van der Waals surface area (Å²) < 4.78 is 3.05. The van der Waals surface area contributed by atoms with E-state index in [-0.39, 0.29) is 5.56 Å². The number of nitrogen functional groups attached to an aromatic ring is 1. The number of rotatable bonds is 2. The van der Waals surface area contributed by atoms with Gasteiger partial charge in [-0.15, -0.1) is 0 Å². The maximum Gasteiger partial charge on any atom is 0.265 e. The van der Waals surface area contributed by atoms with Crippen molar-refractivity contribution in [3.8, 4) is 0 Å². The summed E-state index contributed by atoms with van der Waals surface area (Å²) in [7, 11) is 0. The topological polar surface area (TPSA) is 48.0 Å². The van der Waals surface area contributed by atoms with E-state index in [1.165, 1.54) is 0 Å². The molecule has 94 valence electrons. The molecule has 2 N–H and O–H groups in total. The highest BCUT2D eigenvalue weighted by Crippen LogP contribution is 2.18. The van der Waals surface area contributed by atoms with Gasteiger partial charge < -0.3 is 10.3 Å². The van der Waals surface area contributed by atoms with Crippen LogP contribution in [0.15, 0.2) is 44.2 Å². The van der Waals surface area contributed by atoms with Crippen LogP contribution in [0.4, 0.5) is 5.69 Å². The van der Waals surface area contributed by atoms with Crippen molar-refractivity contribution in [2.75, 3.05) is 5.73 Å². The second-order valence-corrected chi connectivity index (χ2v) is 5.84. The predicted molar refractivity (Wildman–Crippen MR) is 80.8 cm³/mol. The number of nitrogens with two attached hydrogens (primary N) is 1. The van der Waals surface area contributed by atoms with E-state index in [2.05, 4.69) is 31.9 Å². The summed E-state index contributed by atoms with van der Waals surface area (Å²) >= 11 is 6.63. The smallest absolute Gasteiger partial charge is 0.265 e. The second kappa shape index (κ2) is 5.28. The number of hydrogen-bond acceptors (Lipinski definition) is 2. The summed E-state index contributed by atoms with van der Waals surface area (Å²) in [5.74, 6) is 0. The molecule has 0 saturated heterocycles. The van der Waals surface area contributed by atoms with Gasteiger partial charge in [0.2, 0.25) is 0 Å². The van der Waals surface area contributed by atoms with E-state index >= 15 is 0 Å². The zero-order chi connectivity index (χ0) is 13.3.